The number of nitrogens with zero attached hydrogens (tertiary/aromatic N) is 1. The van der Waals surface area contributed by atoms with Crippen molar-refractivity contribution in [1.29, 1.82) is 0 Å². The number of carbonyl (C=O) groups excluding carboxylic acids is 1. The van der Waals surface area contributed by atoms with Gasteiger partial charge in [-0.2, -0.15) is 0 Å². The van der Waals surface area contributed by atoms with Gasteiger partial charge in [0.25, 0.3) is 0 Å². The monoisotopic (exact) mass is 273 g/mol. The zero-order valence-corrected chi connectivity index (χ0v) is 11.7. The first-order valence-electron chi connectivity index (χ1n) is 6.11. The molecule has 1 aliphatic rings. The minimum atomic E-state index is -1.40. The van der Waals surface area contributed by atoms with E-state index in [1.165, 1.54) is 11.8 Å². The lowest BCUT2D eigenvalue weighted by atomic mass is 9.78. The minimum absolute atomic E-state index is 0.0903. The van der Waals surface area contributed by atoms with Crippen LogP contribution in [-0.4, -0.2) is 40.8 Å². The van der Waals surface area contributed by atoms with Crippen LogP contribution in [-0.2, 0) is 9.53 Å². The van der Waals surface area contributed by atoms with Crippen LogP contribution in [0, 0.1) is 5.41 Å². The second kappa shape index (κ2) is 5.19. The smallest absolute Gasteiger partial charge is 0.410 e. The first kappa shape index (κ1) is 15.5. The summed E-state index contributed by atoms with van der Waals surface area (Å²) in [7, 11) is 0. The third-order valence-corrected chi connectivity index (χ3v) is 3.12. The highest BCUT2D eigenvalue weighted by molar-refractivity contribution is 5.80. The SMILES string of the molecule is CC(C)(C)OC(=O)N1CC/C(=C\F)[C@](C)(C(=O)O)C1. The van der Waals surface area contributed by atoms with Crippen molar-refractivity contribution in [3.63, 3.8) is 0 Å². The quantitative estimate of drug-likeness (QED) is 0.797. The molecule has 1 fully saturated rings. The zero-order chi connectivity index (χ0) is 14.8. The van der Waals surface area contributed by atoms with Crippen LogP contribution in [0.25, 0.3) is 0 Å². The van der Waals surface area contributed by atoms with Gasteiger partial charge in [-0.1, -0.05) is 0 Å². The van der Waals surface area contributed by atoms with Gasteiger partial charge in [0, 0.05) is 13.1 Å². The molecule has 0 spiro atoms. The molecule has 0 saturated carbocycles. The van der Waals surface area contributed by atoms with Crippen molar-refractivity contribution >= 4 is 12.1 Å². The Hall–Kier alpha value is -1.59. The molecule has 0 bridgehead atoms. The molecule has 0 aromatic carbocycles. The van der Waals surface area contributed by atoms with E-state index in [0.29, 0.717) is 6.33 Å². The fourth-order valence-electron chi connectivity index (χ4n) is 1.96. The predicted octanol–water partition coefficient (Wildman–Crippen LogP) is 2.57. The summed E-state index contributed by atoms with van der Waals surface area (Å²) in [4.78, 5) is 24.5. The molecule has 1 atom stereocenters. The van der Waals surface area contributed by atoms with E-state index < -0.39 is 23.1 Å². The van der Waals surface area contributed by atoms with Gasteiger partial charge in [0.1, 0.15) is 11.0 Å². The molecule has 0 aromatic rings. The molecule has 5 nitrogen and oxygen atoms in total. The van der Waals surface area contributed by atoms with Crippen LogP contribution >= 0.6 is 0 Å². The van der Waals surface area contributed by atoms with Crippen LogP contribution in [0.2, 0.25) is 0 Å². The lowest BCUT2D eigenvalue weighted by Crippen LogP contribution is -2.50. The second-order valence-corrected chi connectivity index (χ2v) is 5.92. The number of piperidine rings is 1. The van der Waals surface area contributed by atoms with E-state index in [4.69, 9.17) is 4.74 Å². The molecule has 0 unspecified atom stereocenters. The summed E-state index contributed by atoms with van der Waals surface area (Å²) in [6.45, 7) is 6.78. The van der Waals surface area contributed by atoms with Crippen LogP contribution < -0.4 is 0 Å². The summed E-state index contributed by atoms with van der Waals surface area (Å²) in [5, 5.41) is 9.24. The van der Waals surface area contributed by atoms with Gasteiger partial charge < -0.3 is 14.7 Å². The van der Waals surface area contributed by atoms with Crippen molar-refractivity contribution in [2.45, 2.75) is 39.7 Å². The van der Waals surface area contributed by atoms with Crippen LogP contribution in [0.3, 0.4) is 0 Å². The number of amides is 1. The predicted molar refractivity (Wildman–Crippen MR) is 67.4 cm³/mol. The fraction of sp³-hybridized carbons (Fsp3) is 0.692. The molecule has 0 radical (unpaired) electrons. The maximum Gasteiger partial charge on any atom is 0.410 e. The van der Waals surface area contributed by atoms with E-state index in [0.717, 1.165) is 0 Å². The van der Waals surface area contributed by atoms with Crippen molar-refractivity contribution in [3.8, 4) is 0 Å². The number of aliphatic carboxylic acids is 1. The third kappa shape index (κ3) is 3.45. The Balaban J connectivity index is 2.88. The number of hydrogen-bond acceptors (Lipinski definition) is 3. The Labute approximate surface area is 112 Å². The molecule has 0 aliphatic carbocycles. The lowest BCUT2D eigenvalue weighted by Gasteiger charge is -2.39. The first-order valence-corrected chi connectivity index (χ1v) is 6.11. The average molecular weight is 273 g/mol. The Bertz CT molecular complexity index is 413. The van der Waals surface area contributed by atoms with Crippen molar-refractivity contribution < 1.29 is 23.8 Å². The van der Waals surface area contributed by atoms with Crippen LogP contribution in [0.15, 0.2) is 11.9 Å². The molecular formula is C13H20FNO4. The normalized spacial score (nSPS) is 26.4. The molecule has 0 aromatic heterocycles. The van der Waals surface area contributed by atoms with Crippen molar-refractivity contribution in [2.75, 3.05) is 13.1 Å². The fourth-order valence-corrected chi connectivity index (χ4v) is 1.96. The van der Waals surface area contributed by atoms with Gasteiger partial charge in [-0.3, -0.25) is 4.79 Å². The Morgan fingerprint density at radius 1 is 1.47 bits per heavy atom. The highest BCUT2D eigenvalue weighted by Crippen LogP contribution is 2.35. The van der Waals surface area contributed by atoms with Gasteiger partial charge in [-0.05, 0) is 39.7 Å². The molecule has 1 heterocycles. The molecule has 1 rings (SSSR count). The number of likely N-dealkylation sites (tertiary alicyclic amines) is 1. The van der Waals surface area contributed by atoms with Crippen LogP contribution in [0.4, 0.5) is 9.18 Å². The lowest BCUT2D eigenvalue weighted by molar-refractivity contribution is -0.147. The topological polar surface area (TPSA) is 66.8 Å². The van der Waals surface area contributed by atoms with Gasteiger partial charge in [0.2, 0.25) is 0 Å². The van der Waals surface area contributed by atoms with Gasteiger partial charge in [0.15, 0.2) is 0 Å². The minimum Gasteiger partial charge on any atom is -0.481 e. The largest absolute Gasteiger partial charge is 0.481 e. The molecule has 1 aliphatic heterocycles. The van der Waals surface area contributed by atoms with Crippen LogP contribution in [0.5, 0.6) is 0 Å². The van der Waals surface area contributed by atoms with E-state index in [9.17, 15) is 19.1 Å². The van der Waals surface area contributed by atoms with Gasteiger partial charge in [0.05, 0.1) is 6.33 Å². The summed E-state index contributed by atoms with van der Waals surface area (Å²) in [6.07, 6.45) is -0.0445. The van der Waals surface area contributed by atoms with Crippen molar-refractivity contribution in [1.82, 2.24) is 4.90 Å². The van der Waals surface area contributed by atoms with E-state index in [1.54, 1.807) is 20.8 Å². The summed E-state index contributed by atoms with van der Waals surface area (Å²) < 4.78 is 18.0. The van der Waals surface area contributed by atoms with Crippen molar-refractivity contribution in [2.24, 2.45) is 5.41 Å². The molecule has 108 valence electrons. The number of carbonyl (C=O) groups is 2. The van der Waals surface area contributed by atoms with Crippen molar-refractivity contribution in [3.05, 3.63) is 11.9 Å². The Morgan fingerprint density at radius 3 is 2.47 bits per heavy atom. The molecule has 19 heavy (non-hydrogen) atoms. The van der Waals surface area contributed by atoms with Gasteiger partial charge >= 0.3 is 12.1 Å². The Morgan fingerprint density at radius 2 is 2.05 bits per heavy atom. The van der Waals surface area contributed by atoms with Gasteiger partial charge in [-0.15, -0.1) is 0 Å². The number of carboxylic acids is 1. The standard InChI is InChI=1S/C13H20FNO4/c1-12(2,3)19-11(18)15-6-5-9(7-14)13(4,8-15)10(16)17/h7H,5-6,8H2,1-4H3,(H,16,17)/b9-7+/t13-/m1/s1. The van der Waals surface area contributed by atoms with E-state index in [2.05, 4.69) is 0 Å². The number of hydrogen-bond donors (Lipinski definition) is 1. The summed E-state index contributed by atoms with van der Waals surface area (Å²) >= 11 is 0. The van der Waals surface area contributed by atoms with Gasteiger partial charge in [-0.25, -0.2) is 9.18 Å². The molecule has 6 heteroatoms. The second-order valence-electron chi connectivity index (χ2n) is 5.92. The molecule has 1 amide bonds. The number of rotatable bonds is 1. The highest BCUT2D eigenvalue weighted by Gasteiger charge is 2.44. The Kier molecular flexibility index (Phi) is 4.22. The highest BCUT2D eigenvalue weighted by atomic mass is 19.1. The summed E-state index contributed by atoms with van der Waals surface area (Å²) in [5.41, 5.74) is -1.85. The number of ether oxygens (including phenoxy) is 1. The zero-order valence-electron chi connectivity index (χ0n) is 11.7. The molecule has 1 saturated heterocycles. The average Bonchev–Trinajstić information content (AvgIpc) is 2.26. The maximum absolute atomic E-state index is 12.8. The number of carboxylic acid groups (broad SMARTS) is 1. The molecule has 1 N–H and O–H groups in total. The first-order chi connectivity index (χ1) is 8.60. The van der Waals surface area contributed by atoms with E-state index >= 15 is 0 Å². The summed E-state index contributed by atoms with van der Waals surface area (Å²) in [5.74, 6) is -1.15. The third-order valence-electron chi connectivity index (χ3n) is 3.12. The summed E-state index contributed by atoms with van der Waals surface area (Å²) in [6, 6.07) is 0. The van der Waals surface area contributed by atoms with Crippen LogP contribution in [0.1, 0.15) is 34.1 Å². The number of halogens is 1. The van der Waals surface area contributed by atoms with E-state index in [-0.39, 0.29) is 25.1 Å². The van der Waals surface area contributed by atoms with E-state index in [1.807, 2.05) is 0 Å². The molecular weight excluding hydrogens is 253 g/mol. The maximum atomic E-state index is 12.8.